The quantitative estimate of drug-likeness (QED) is 0.634. The Morgan fingerprint density at radius 1 is 1.22 bits per heavy atom. The van der Waals surface area contributed by atoms with E-state index in [1.54, 1.807) is 31.4 Å². The van der Waals surface area contributed by atoms with E-state index in [4.69, 9.17) is 4.74 Å². The first kappa shape index (κ1) is 16.7. The molecule has 0 bridgehead atoms. The molecule has 1 aromatic carbocycles. The van der Waals surface area contributed by atoms with Gasteiger partial charge in [0.1, 0.15) is 6.10 Å². The molecule has 0 saturated heterocycles. The third-order valence-corrected chi connectivity index (χ3v) is 3.11. The normalized spacial score (nSPS) is 12.6. The zero-order valence-electron chi connectivity index (χ0n) is 13.3. The first-order chi connectivity index (χ1) is 11.2. The Morgan fingerprint density at radius 2 is 2.00 bits per heavy atom. The molecule has 0 aliphatic rings. The number of nitrogens with zero attached hydrogens (tertiary/aromatic N) is 2. The van der Waals surface area contributed by atoms with Crippen LogP contribution < -0.4 is 15.4 Å². The van der Waals surface area contributed by atoms with Crippen LogP contribution in [-0.2, 0) is 6.54 Å². The highest BCUT2D eigenvalue weighted by Crippen LogP contribution is 2.16. The first-order valence-electron chi connectivity index (χ1n) is 7.44. The molecule has 0 amide bonds. The molecule has 0 aliphatic carbocycles. The standard InChI is InChI=1S/C17H21FN4O/c1-13(23-16-9-4-3-8-15(16)18)11-21-17(19-2)22-12-14-7-5-6-10-20-14/h3-10,13H,11-12H2,1-2H3,(H2,19,21,22). The molecule has 1 heterocycles. The van der Waals surface area contributed by atoms with Crippen LogP contribution in [0.25, 0.3) is 0 Å². The van der Waals surface area contributed by atoms with E-state index in [0.29, 0.717) is 19.0 Å². The van der Waals surface area contributed by atoms with Gasteiger partial charge in [-0.25, -0.2) is 4.39 Å². The van der Waals surface area contributed by atoms with Crippen molar-refractivity contribution in [1.82, 2.24) is 15.6 Å². The van der Waals surface area contributed by atoms with Crippen LogP contribution in [0.1, 0.15) is 12.6 Å². The first-order valence-corrected chi connectivity index (χ1v) is 7.44. The van der Waals surface area contributed by atoms with E-state index < -0.39 is 0 Å². The molecule has 6 heteroatoms. The van der Waals surface area contributed by atoms with Gasteiger partial charge in [0.05, 0.1) is 18.8 Å². The van der Waals surface area contributed by atoms with Gasteiger partial charge >= 0.3 is 0 Å². The van der Waals surface area contributed by atoms with Gasteiger partial charge in [0.15, 0.2) is 17.5 Å². The Labute approximate surface area is 135 Å². The predicted octanol–water partition coefficient (Wildman–Crippen LogP) is 2.35. The molecule has 0 fully saturated rings. The van der Waals surface area contributed by atoms with E-state index in [2.05, 4.69) is 20.6 Å². The SMILES string of the molecule is CN=C(NCc1ccccn1)NCC(C)Oc1ccccc1F. The average Bonchev–Trinajstić information content (AvgIpc) is 2.58. The zero-order valence-corrected chi connectivity index (χ0v) is 13.3. The number of ether oxygens (including phenoxy) is 1. The van der Waals surface area contributed by atoms with Crippen molar-refractivity contribution in [2.45, 2.75) is 19.6 Å². The van der Waals surface area contributed by atoms with Gasteiger partial charge in [0.2, 0.25) is 0 Å². The van der Waals surface area contributed by atoms with Crippen LogP contribution in [0.2, 0.25) is 0 Å². The van der Waals surface area contributed by atoms with Gasteiger partial charge in [0.25, 0.3) is 0 Å². The van der Waals surface area contributed by atoms with Crippen LogP contribution in [0.15, 0.2) is 53.7 Å². The zero-order chi connectivity index (χ0) is 16.5. The highest BCUT2D eigenvalue weighted by molar-refractivity contribution is 5.79. The van der Waals surface area contributed by atoms with E-state index in [1.807, 2.05) is 25.1 Å². The second-order valence-electron chi connectivity index (χ2n) is 4.99. The van der Waals surface area contributed by atoms with Gasteiger partial charge in [-0.3, -0.25) is 9.98 Å². The van der Waals surface area contributed by atoms with E-state index in [1.165, 1.54) is 6.07 Å². The summed E-state index contributed by atoms with van der Waals surface area (Å²) < 4.78 is 19.1. The van der Waals surface area contributed by atoms with Crippen molar-refractivity contribution in [3.8, 4) is 5.75 Å². The van der Waals surface area contributed by atoms with Crippen molar-refractivity contribution < 1.29 is 9.13 Å². The van der Waals surface area contributed by atoms with Crippen LogP contribution >= 0.6 is 0 Å². The van der Waals surface area contributed by atoms with Crippen molar-refractivity contribution in [1.29, 1.82) is 0 Å². The summed E-state index contributed by atoms with van der Waals surface area (Å²) in [6.45, 7) is 2.94. The fourth-order valence-electron chi connectivity index (χ4n) is 1.94. The Kier molecular flexibility index (Phi) is 6.35. The van der Waals surface area contributed by atoms with Crippen LogP contribution in [0.4, 0.5) is 4.39 Å². The van der Waals surface area contributed by atoms with Crippen molar-refractivity contribution in [3.63, 3.8) is 0 Å². The maximum absolute atomic E-state index is 13.5. The molecular formula is C17H21FN4O. The molecule has 0 radical (unpaired) electrons. The summed E-state index contributed by atoms with van der Waals surface area (Å²) in [6.07, 6.45) is 1.54. The van der Waals surface area contributed by atoms with Gasteiger partial charge in [-0.15, -0.1) is 0 Å². The van der Waals surface area contributed by atoms with E-state index in [9.17, 15) is 4.39 Å². The largest absolute Gasteiger partial charge is 0.486 e. The summed E-state index contributed by atoms with van der Waals surface area (Å²) in [6, 6.07) is 12.1. The van der Waals surface area contributed by atoms with Gasteiger partial charge in [-0.2, -0.15) is 0 Å². The number of guanidine groups is 1. The van der Waals surface area contributed by atoms with Crippen molar-refractivity contribution >= 4 is 5.96 Å². The highest BCUT2D eigenvalue weighted by atomic mass is 19.1. The number of hydrogen-bond acceptors (Lipinski definition) is 3. The topological polar surface area (TPSA) is 58.5 Å². The summed E-state index contributed by atoms with van der Waals surface area (Å²) in [5, 5.41) is 6.31. The number of benzene rings is 1. The Bertz CT molecular complexity index is 634. The summed E-state index contributed by atoms with van der Waals surface area (Å²) in [7, 11) is 1.69. The number of pyridine rings is 1. The van der Waals surface area contributed by atoms with Crippen LogP contribution in [0.5, 0.6) is 5.75 Å². The number of nitrogens with one attached hydrogen (secondary N) is 2. The number of rotatable bonds is 6. The van der Waals surface area contributed by atoms with Gasteiger partial charge in [-0.05, 0) is 31.2 Å². The number of para-hydroxylation sites is 1. The summed E-state index contributed by atoms with van der Waals surface area (Å²) >= 11 is 0. The smallest absolute Gasteiger partial charge is 0.191 e. The highest BCUT2D eigenvalue weighted by Gasteiger charge is 2.08. The molecule has 0 spiro atoms. The van der Waals surface area contributed by atoms with Gasteiger partial charge in [-0.1, -0.05) is 18.2 Å². The maximum Gasteiger partial charge on any atom is 0.191 e. The minimum atomic E-state index is -0.364. The van der Waals surface area contributed by atoms with E-state index >= 15 is 0 Å². The van der Waals surface area contributed by atoms with Gasteiger partial charge in [0, 0.05) is 13.2 Å². The van der Waals surface area contributed by atoms with Crippen LogP contribution in [0, 0.1) is 5.82 Å². The molecule has 2 N–H and O–H groups in total. The number of aromatic nitrogens is 1. The van der Waals surface area contributed by atoms with Crippen molar-refractivity contribution in [2.75, 3.05) is 13.6 Å². The lowest BCUT2D eigenvalue weighted by Gasteiger charge is -2.18. The van der Waals surface area contributed by atoms with Gasteiger partial charge < -0.3 is 15.4 Å². The predicted molar refractivity (Wildman–Crippen MR) is 88.9 cm³/mol. The molecule has 1 unspecified atom stereocenters. The fourth-order valence-corrected chi connectivity index (χ4v) is 1.94. The minimum Gasteiger partial charge on any atom is -0.486 e. The molecule has 1 atom stereocenters. The maximum atomic E-state index is 13.5. The van der Waals surface area contributed by atoms with E-state index in [0.717, 1.165) is 5.69 Å². The lowest BCUT2D eigenvalue weighted by Crippen LogP contribution is -2.41. The molecule has 23 heavy (non-hydrogen) atoms. The minimum absolute atomic E-state index is 0.208. The van der Waals surface area contributed by atoms with Crippen molar-refractivity contribution in [3.05, 3.63) is 60.2 Å². The molecular weight excluding hydrogens is 295 g/mol. The second-order valence-corrected chi connectivity index (χ2v) is 4.99. The third kappa shape index (κ3) is 5.58. The van der Waals surface area contributed by atoms with E-state index in [-0.39, 0.29) is 17.7 Å². The molecule has 5 nitrogen and oxygen atoms in total. The van der Waals surface area contributed by atoms with Crippen LogP contribution in [-0.4, -0.2) is 30.6 Å². The summed E-state index contributed by atoms with van der Waals surface area (Å²) in [5.41, 5.74) is 0.922. The molecule has 2 rings (SSSR count). The number of halogens is 1. The molecule has 2 aromatic rings. The third-order valence-electron chi connectivity index (χ3n) is 3.11. The van der Waals surface area contributed by atoms with Crippen LogP contribution in [0.3, 0.4) is 0 Å². The average molecular weight is 316 g/mol. The Hall–Kier alpha value is -2.63. The monoisotopic (exact) mass is 316 g/mol. The molecule has 0 aliphatic heterocycles. The Balaban J connectivity index is 1.78. The number of aliphatic imine (C=N–C) groups is 1. The van der Waals surface area contributed by atoms with Crippen molar-refractivity contribution in [2.24, 2.45) is 4.99 Å². The Morgan fingerprint density at radius 3 is 2.70 bits per heavy atom. The fraction of sp³-hybridized carbons (Fsp3) is 0.294. The second kappa shape index (κ2) is 8.73. The summed E-state index contributed by atoms with van der Waals surface area (Å²) in [4.78, 5) is 8.37. The molecule has 0 saturated carbocycles. The summed E-state index contributed by atoms with van der Waals surface area (Å²) in [5.74, 6) is 0.523. The molecule has 1 aromatic heterocycles. The number of hydrogen-bond donors (Lipinski definition) is 2. The lowest BCUT2D eigenvalue weighted by atomic mass is 10.3. The molecule has 122 valence electrons. The lowest BCUT2D eigenvalue weighted by molar-refractivity contribution is 0.214.